The van der Waals surface area contributed by atoms with Crippen LogP contribution in [0.2, 0.25) is 5.15 Å². The third-order valence-corrected chi connectivity index (χ3v) is 5.69. The van der Waals surface area contributed by atoms with E-state index >= 15 is 0 Å². The largest absolute Gasteiger partial charge is 0.391 e. The summed E-state index contributed by atoms with van der Waals surface area (Å²) >= 11 is 5.98. The van der Waals surface area contributed by atoms with Crippen LogP contribution in [0.1, 0.15) is 58.6 Å². The lowest BCUT2D eigenvalue weighted by atomic mass is 9.91. The topological polar surface area (TPSA) is 66.3 Å². The van der Waals surface area contributed by atoms with E-state index in [1.807, 2.05) is 30.0 Å². The summed E-state index contributed by atoms with van der Waals surface area (Å²) in [6.45, 7) is 2.47. The van der Waals surface area contributed by atoms with Crippen molar-refractivity contribution < 1.29 is 9.90 Å². The van der Waals surface area contributed by atoms with Crippen LogP contribution >= 0.6 is 11.6 Å². The number of halogens is 1. The Balaban J connectivity index is 1.61. The van der Waals surface area contributed by atoms with E-state index < -0.39 is 6.10 Å². The lowest BCUT2D eigenvalue weighted by Gasteiger charge is -2.34. The first kappa shape index (κ1) is 17.4. The Morgan fingerprint density at radius 3 is 2.88 bits per heavy atom. The number of carbonyl (C=O) groups excluding carboxylic acids is 1. The molecule has 2 aromatic heterocycles. The van der Waals surface area contributed by atoms with E-state index in [-0.39, 0.29) is 11.9 Å². The van der Waals surface area contributed by atoms with E-state index in [0.29, 0.717) is 23.7 Å². The number of fused-ring (bicyclic) bond motifs is 1. The Morgan fingerprint density at radius 2 is 2.12 bits per heavy atom. The summed E-state index contributed by atoms with van der Waals surface area (Å²) in [4.78, 5) is 23.5. The van der Waals surface area contributed by atoms with E-state index in [1.54, 1.807) is 6.20 Å². The molecule has 5 nitrogen and oxygen atoms in total. The molecular formula is C20H22ClN3O2. The van der Waals surface area contributed by atoms with Crippen molar-refractivity contribution >= 4 is 17.5 Å². The van der Waals surface area contributed by atoms with Gasteiger partial charge in [0.1, 0.15) is 5.15 Å². The first-order chi connectivity index (χ1) is 12.5. The second-order valence-electron chi connectivity index (χ2n) is 7.24. The maximum atomic E-state index is 13.0. The lowest BCUT2D eigenvalue weighted by Crippen LogP contribution is -2.45. The first-order valence-corrected chi connectivity index (χ1v) is 9.49. The van der Waals surface area contributed by atoms with Gasteiger partial charge in [-0.15, -0.1) is 0 Å². The highest BCUT2D eigenvalue weighted by Gasteiger charge is 2.38. The second kappa shape index (κ2) is 6.97. The number of hydrogen-bond acceptors (Lipinski definition) is 4. The molecule has 0 aromatic carbocycles. The molecule has 0 spiro atoms. The van der Waals surface area contributed by atoms with Crippen molar-refractivity contribution in [2.24, 2.45) is 0 Å². The molecule has 0 bridgehead atoms. The summed E-state index contributed by atoms with van der Waals surface area (Å²) in [6, 6.07) is 5.63. The highest BCUT2D eigenvalue weighted by Crippen LogP contribution is 2.31. The van der Waals surface area contributed by atoms with Crippen molar-refractivity contribution in [3.8, 4) is 0 Å². The summed E-state index contributed by atoms with van der Waals surface area (Å²) in [7, 11) is 0. The Labute approximate surface area is 158 Å². The van der Waals surface area contributed by atoms with E-state index in [0.717, 1.165) is 48.2 Å². The van der Waals surface area contributed by atoms with E-state index in [1.165, 1.54) is 0 Å². The van der Waals surface area contributed by atoms with Crippen molar-refractivity contribution in [2.75, 3.05) is 0 Å². The molecule has 136 valence electrons. The number of amides is 1. The van der Waals surface area contributed by atoms with Crippen molar-refractivity contribution in [3.05, 3.63) is 57.6 Å². The van der Waals surface area contributed by atoms with E-state index in [9.17, 15) is 9.90 Å². The summed E-state index contributed by atoms with van der Waals surface area (Å²) in [5, 5.41) is 10.8. The zero-order chi connectivity index (χ0) is 18.3. The molecule has 4 rings (SSSR count). The number of aliphatic hydroxyl groups is 1. The molecule has 0 saturated heterocycles. The Kier molecular flexibility index (Phi) is 4.67. The molecule has 3 heterocycles. The highest BCUT2D eigenvalue weighted by molar-refractivity contribution is 6.29. The van der Waals surface area contributed by atoms with Gasteiger partial charge >= 0.3 is 0 Å². The monoisotopic (exact) mass is 371 g/mol. The van der Waals surface area contributed by atoms with Crippen LogP contribution < -0.4 is 0 Å². The van der Waals surface area contributed by atoms with Gasteiger partial charge in [-0.25, -0.2) is 4.98 Å². The molecule has 1 amide bonds. The normalized spacial score (nSPS) is 22.6. The van der Waals surface area contributed by atoms with Gasteiger partial charge in [-0.3, -0.25) is 9.78 Å². The van der Waals surface area contributed by atoms with Crippen LogP contribution in [-0.2, 0) is 13.0 Å². The van der Waals surface area contributed by atoms with Crippen LogP contribution in [-0.4, -0.2) is 38.0 Å². The molecule has 0 radical (unpaired) electrons. The van der Waals surface area contributed by atoms with Crippen molar-refractivity contribution in [1.29, 1.82) is 0 Å². The minimum atomic E-state index is -0.429. The number of hydrogen-bond donors (Lipinski definition) is 1. The Morgan fingerprint density at radius 1 is 1.31 bits per heavy atom. The van der Waals surface area contributed by atoms with Crippen LogP contribution in [0.15, 0.2) is 24.4 Å². The molecule has 1 aliphatic carbocycles. The van der Waals surface area contributed by atoms with Gasteiger partial charge in [-0.05, 0) is 55.5 Å². The smallest absolute Gasteiger partial charge is 0.256 e. The molecule has 1 fully saturated rings. The van der Waals surface area contributed by atoms with Gasteiger partial charge in [-0.1, -0.05) is 24.4 Å². The number of pyridine rings is 2. The third kappa shape index (κ3) is 3.21. The molecule has 1 saturated carbocycles. The molecule has 2 aromatic rings. The molecule has 1 N–H and O–H groups in total. The standard InChI is InChI=1S/C20H22ClN3O2/c1-12-14(8-13-6-7-22-19(21)9-13)10-15-16(23-12)11-24(20(15)26)17-4-2-3-5-18(17)25/h6-7,9-10,17-18,25H,2-5,8,11H2,1H3/t17-,18-/m0/s1. The second-order valence-corrected chi connectivity index (χ2v) is 7.63. The van der Waals surface area contributed by atoms with Crippen LogP contribution in [0.5, 0.6) is 0 Å². The fraction of sp³-hybridized carbons (Fsp3) is 0.450. The van der Waals surface area contributed by atoms with Crippen molar-refractivity contribution in [1.82, 2.24) is 14.9 Å². The number of rotatable bonds is 3. The van der Waals surface area contributed by atoms with Gasteiger partial charge < -0.3 is 10.0 Å². The minimum Gasteiger partial charge on any atom is -0.391 e. The fourth-order valence-corrected chi connectivity index (χ4v) is 4.26. The van der Waals surface area contributed by atoms with Gasteiger partial charge in [0.25, 0.3) is 5.91 Å². The minimum absolute atomic E-state index is 0.00698. The van der Waals surface area contributed by atoms with Gasteiger partial charge in [0.05, 0.1) is 29.9 Å². The molecule has 6 heteroatoms. The van der Waals surface area contributed by atoms with Gasteiger partial charge in [0.2, 0.25) is 0 Å². The summed E-state index contributed by atoms with van der Waals surface area (Å²) in [5.74, 6) is -0.00698. The summed E-state index contributed by atoms with van der Waals surface area (Å²) in [6.07, 6.45) is 5.64. The zero-order valence-corrected chi connectivity index (χ0v) is 15.5. The fourth-order valence-electron chi connectivity index (χ4n) is 4.06. The molecule has 26 heavy (non-hydrogen) atoms. The predicted octanol–water partition coefficient (Wildman–Crippen LogP) is 3.29. The van der Waals surface area contributed by atoms with E-state index in [2.05, 4.69) is 4.98 Å². The van der Waals surface area contributed by atoms with Crippen LogP contribution in [0.4, 0.5) is 0 Å². The number of nitrogens with zero attached hydrogens (tertiary/aromatic N) is 3. The van der Waals surface area contributed by atoms with Gasteiger partial charge in [-0.2, -0.15) is 0 Å². The zero-order valence-electron chi connectivity index (χ0n) is 14.8. The molecule has 2 aliphatic rings. The van der Waals surface area contributed by atoms with Crippen molar-refractivity contribution in [3.63, 3.8) is 0 Å². The van der Waals surface area contributed by atoms with Crippen LogP contribution in [0.3, 0.4) is 0 Å². The number of aryl methyl sites for hydroxylation is 1. The average Bonchev–Trinajstić information content (AvgIpc) is 2.92. The third-order valence-electron chi connectivity index (χ3n) is 5.49. The molecule has 2 atom stereocenters. The number of carbonyl (C=O) groups is 1. The summed E-state index contributed by atoms with van der Waals surface area (Å²) < 4.78 is 0. The molecule has 0 unspecified atom stereocenters. The maximum absolute atomic E-state index is 13.0. The molecular weight excluding hydrogens is 350 g/mol. The summed E-state index contributed by atoms with van der Waals surface area (Å²) in [5.41, 5.74) is 4.48. The first-order valence-electron chi connectivity index (χ1n) is 9.12. The van der Waals surface area contributed by atoms with Crippen molar-refractivity contribution in [2.45, 2.75) is 57.7 Å². The maximum Gasteiger partial charge on any atom is 0.256 e. The average molecular weight is 372 g/mol. The van der Waals surface area contributed by atoms with Crippen LogP contribution in [0.25, 0.3) is 0 Å². The van der Waals surface area contributed by atoms with Gasteiger partial charge in [0.15, 0.2) is 0 Å². The predicted molar refractivity (Wildman–Crippen MR) is 99.2 cm³/mol. The van der Waals surface area contributed by atoms with Gasteiger partial charge in [0, 0.05) is 11.9 Å². The quantitative estimate of drug-likeness (QED) is 0.841. The number of aliphatic hydroxyl groups excluding tert-OH is 1. The number of aromatic nitrogens is 2. The Hall–Kier alpha value is -1.98. The highest BCUT2D eigenvalue weighted by atomic mass is 35.5. The lowest BCUT2D eigenvalue weighted by molar-refractivity contribution is 0.0189. The Bertz CT molecular complexity index is 855. The molecule has 1 aliphatic heterocycles. The van der Waals surface area contributed by atoms with Crippen LogP contribution in [0, 0.1) is 6.92 Å². The van der Waals surface area contributed by atoms with E-state index in [4.69, 9.17) is 16.6 Å². The SMILES string of the molecule is Cc1nc2c(cc1Cc1ccnc(Cl)c1)C(=O)N([C@H]1CCCC[C@@H]1O)C2.